The number of nitrogens with one attached hydrogen (secondary N) is 1. The van der Waals surface area contributed by atoms with Crippen molar-refractivity contribution in [3.63, 3.8) is 0 Å². The van der Waals surface area contributed by atoms with Gasteiger partial charge in [-0.15, -0.1) is 0 Å². The fourth-order valence-electron chi connectivity index (χ4n) is 4.82. The molecule has 1 saturated heterocycles. The molecule has 1 aliphatic heterocycles. The molecule has 0 bridgehead atoms. The molecule has 0 unspecified atom stereocenters. The van der Waals surface area contributed by atoms with E-state index in [1.54, 1.807) is 18.3 Å². The van der Waals surface area contributed by atoms with E-state index in [-0.39, 0.29) is 17.9 Å². The van der Waals surface area contributed by atoms with E-state index in [9.17, 15) is 4.39 Å². The number of aromatic nitrogens is 2. The van der Waals surface area contributed by atoms with Crippen LogP contribution in [0.15, 0.2) is 79.0 Å². The van der Waals surface area contributed by atoms with E-state index in [4.69, 9.17) is 12.2 Å². The van der Waals surface area contributed by atoms with Crippen LogP contribution in [0.1, 0.15) is 40.3 Å². The molecule has 0 saturated carbocycles. The predicted molar refractivity (Wildman–Crippen MR) is 134 cm³/mol. The number of pyridine rings is 1. The maximum absolute atomic E-state index is 13.7. The fourth-order valence-corrected chi connectivity index (χ4v) is 5.17. The normalized spacial score (nSPS) is 17.9. The van der Waals surface area contributed by atoms with Crippen molar-refractivity contribution in [2.24, 2.45) is 0 Å². The first-order valence-electron chi connectivity index (χ1n) is 11.0. The van der Waals surface area contributed by atoms with Crippen LogP contribution in [0.5, 0.6) is 0 Å². The summed E-state index contributed by atoms with van der Waals surface area (Å²) in [5.41, 5.74) is 7.58. The lowest BCUT2D eigenvalue weighted by Gasteiger charge is -2.28. The first-order valence-corrected chi connectivity index (χ1v) is 11.4. The van der Waals surface area contributed by atoms with Crippen LogP contribution < -0.4 is 10.2 Å². The molecule has 4 aromatic rings. The molecule has 0 spiro atoms. The van der Waals surface area contributed by atoms with E-state index in [0.29, 0.717) is 5.11 Å². The Labute approximate surface area is 198 Å². The Bertz CT molecular complexity index is 1310. The molecule has 2 aromatic carbocycles. The molecule has 1 N–H and O–H groups in total. The van der Waals surface area contributed by atoms with Crippen LogP contribution in [0.3, 0.4) is 0 Å². The SMILES string of the molecule is Cc1ccccc1-n1c(C)cc([C@@H]2[C@@H](c3ccccn3)NC(=S)N2c2ccc(F)cc2)c1C. The van der Waals surface area contributed by atoms with Gasteiger partial charge in [-0.05, 0) is 92.6 Å². The van der Waals surface area contributed by atoms with Crippen LogP contribution in [0, 0.1) is 26.6 Å². The Balaban J connectivity index is 1.69. The maximum Gasteiger partial charge on any atom is 0.174 e. The second kappa shape index (κ2) is 8.45. The predicted octanol–water partition coefficient (Wildman–Crippen LogP) is 6.11. The second-order valence-corrected chi connectivity index (χ2v) is 8.81. The van der Waals surface area contributed by atoms with Gasteiger partial charge >= 0.3 is 0 Å². The number of aryl methyl sites for hydroxylation is 2. The third-order valence-electron chi connectivity index (χ3n) is 6.35. The van der Waals surface area contributed by atoms with E-state index in [0.717, 1.165) is 34.0 Å². The van der Waals surface area contributed by atoms with Crippen LogP contribution in [0.2, 0.25) is 0 Å². The molecule has 33 heavy (non-hydrogen) atoms. The van der Waals surface area contributed by atoms with Gasteiger partial charge < -0.3 is 14.8 Å². The quantitative estimate of drug-likeness (QED) is 0.376. The van der Waals surface area contributed by atoms with Gasteiger partial charge in [0.1, 0.15) is 5.82 Å². The number of anilines is 1. The summed E-state index contributed by atoms with van der Waals surface area (Å²) in [4.78, 5) is 6.71. The summed E-state index contributed by atoms with van der Waals surface area (Å²) < 4.78 is 16.0. The number of rotatable bonds is 4. The van der Waals surface area contributed by atoms with Crippen LogP contribution >= 0.6 is 12.2 Å². The van der Waals surface area contributed by atoms with E-state index < -0.39 is 0 Å². The molecule has 6 heteroatoms. The average molecular weight is 457 g/mol. The third-order valence-corrected chi connectivity index (χ3v) is 6.66. The first kappa shape index (κ1) is 21.3. The van der Waals surface area contributed by atoms with Gasteiger partial charge in [0.15, 0.2) is 5.11 Å². The highest BCUT2D eigenvalue weighted by molar-refractivity contribution is 7.80. The zero-order chi connectivity index (χ0) is 23.1. The molecule has 1 fully saturated rings. The van der Waals surface area contributed by atoms with Gasteiger partial charge in [-0.1, -0.05) is 24.3 Å². The lowest BCUT2D eigenvalue weighted by atomic mass is 9.96. The summed E-state index contributed by atoms with van der Waals surface area (Å²) >= 11 is 5.79. The summed E-state index contributed by atoms with van der Waals surface area (Å²) in [6, 6.07) is 22.7. The fraction of sp³-hybridized carbons (Fsp3) is 0.185. The van der Waals surface area contributed by atoms with Crippen LogP contribution in [-0.4, -0.2) is 14.7 Å². The highest BCUT2D eigenvalue weighted by Gasteiger charge is 2.42. The monoisotopic (exact) mass is 456 g/mol. The maximum atomic E-state index is 13.7. The Kier molecular flexibility index (Phi) is 5.46. The summed E-state index contributed by atoms with van der Waals surface area (Å²) in [6.45, 7) is 6.40. The minimum Gasteiger partial charge on any atom is -0.351 e. The van der Waals surface area contributed by atoms with E-state index in [1.807, 2.05) is 18.2 Å². The Morgan fingerprint density at radius 3 is 2.36 bits per heavy atom. The zero-order valence-electron chi connectivity index (χ0n) is 18.8. The molecular weight excluding hydrogens is 431 g/mol. The molecule has 2 atom stereocenters. The minimum atomic E-state index is -0.271. The Hall–Kier alpha value is -3.51. The van der Waals surface area contributed by atoms with Crippen molar-refractivity contribution in [2.75, 3.05) is 4.90 Å². The van der Waals surface area contributed by atoms with E-state index in [1.165, 1.54) is 17.7 Å². The lowest BCUT2D eigenvalue weighted by Crippen LogP contribution is -2.29. The van der Waals surface area contributed by atoms with E-state index in [2.05, 4.69) is 70.9 Å². The van der Waals surface area contributed by atoms with Crippen molar-refractivity contribution in [2.45, 2.75) is 32.9 Å². The number of hydrogen-bond acceptors (Lipinski definition) is 2. The highest BCUT2D eigenvalue weighted by Crippen LogP contribution is 2.43. The van der Waals surface area contributed by atoms with Crippen LogP contribution in [-0.2, 0) is 0 Å². The summed E-state index contributed by atoms with van der Waals surface area (Å²) in [7, 11) is 0. The molecule has 4 nitrogen and oxygen atoms in total. The smallest absolute Gasteiger partial charge is 0.174 e. The molecular formula is C27H25FN4S. The van der Waals surface area contributed by atoms with Gasteiger partial charge in [0.05, 0.1) is 17.8 Å². The standard InChI is InChI=1S/C27H25FN4S/c1-17-8-4-5-10-24(17)31-18(2)16-22(19(31)3)26-25(23-9-6-7-15-29-23)30-27(33)32(26)21-13-11-20(28)12-14-21/h4-16,25-26H,1-3H3,(H,30,33)/t25-,26-/m1/s1. The summed E-state index contributed by atoms with van der Waals surface area (Å²) in [5.74, 6) is -0.271. The minimum absolute atomic E-state index is 0.137. The lowest BCUT2D eigenvalue weighted by molar-refractivity contribution is 0.565. The average Bonchev–Trinajstić information content (AvgIpc) is 3.31. The molecule has 2 aromatic heterocycles. The van der Waals surface area contributed by atoms with Crippen molar-refractivity contribution in [3.05, 3.63) is 113 Å². The van der Waals surface area contributed by atoms with Crippen molar-refractivity contribution in [1.82, 2.24) is 14.9 Å². The number of nitrogens with zero attached hydrogens (tertiary/aromatic N) is 3. The number of hydrogen-bond donors (Lipinski definition) is 1. The number of halogens is 1. The van der Waals surface area contributed by atoms with E-state index >= 15 is 0 Å². The van der Waals surface area contributed by atoms with Gasteiger partial charge in [-0.3, -0.25) is 4.98 Å². The third kappa shape index (κ3) is 3.70. The van der Waals surface area contributed by atoms with Crippen LogP contribution in [0.25, 0.3) is 5.69 Å². The number of thiocarbonyl (C=S) groups is 1. The zero-order valence-corrected chi connectivity index (χ0v) is 19.6. The second-order valence-electron chi connectivity index (χ2n) is 8.42. The van der Waals surface area contributed by atoms with Crippen molar-refractivity contribution in [1.29, 1.82) is 0 Å². The largest absolute Gasteiger partial charge is 0.351 e. The van der Waals surface area contributed by atoms with Gasteiger partial charge in [-0.25, -0.2) is 4.39 Å². The van der Waals surface area contributed by atoms with Crippen molar-refractivity contribution >= 4 is 23.0 Å². The molecule has 5 rings (SSSR count). The summed E-state index contributed by atoms with van der Waals surface area (Å²) in [6.07, 6.45) is 1.80. The topological polar surface area (TPSA) is 33.1 Å². The van der Waals surface area contributed by atoms with Gasteiger partial charge in [0.2, 0.25) is 0 Å². The molecule has 166 valence electrons. The molecule has 1 aliphatic rings. The molecule has 0 aliphatic carbocycles. The Morgan fingerprint density at radius 1 is 0.939 bits per heavy atom. The van der Waals surface area contributed by atoms with Crippen LogP contribution in [0.4, 0.5) is 10.1 Å². The molecule has 0 radical (unpaired) electrons. The molecule has 0 amide bonds. The van der Waals surface area contributed by atoms with Gasteiger partial charge in [-0.2, -0.15) is 0 Å². The first-order chi connectivity index (χ1) is 16.0. The number of para-hydroxylation sites is 1. The Morgan fingerprint density at radius 2 is 1.67 bits per heavy atom. The van der Waals surface area contributed by atoms with Gasteiger partial charge in [0.25, 0.3) is 0 Å². The van der Waals surface area contributed by atoms with Crippen molar-refractivity contribution < 1.29 is 4.39 Å². The molecule has 3 heterocycles. The van der Waals surface area contributed by atoms with Gasteiger partial charge in [0, 0.05) is 29.0 Å². The summed E-state index contributed by atoms with van der Waals surface area (Å²) in [5, 5.41) is 4.08. The number of benzene rings is 2. The van der Waals surface area contributed by atoms with Crippen molar-refractivity contribution in [3.8, 4) is 5.69 Å². The highest BCUT2D eigenvalue weighted by atomic mass is 32.1.